The van der Waals surface area contributed by atoms with Crippen LogP contribution in [0.5, 0.6) is 0 Å². The smallest absolute Gasteiger partial charge is 0.0982 e. The Balaban J connectivity index is 1.73. The van der Waals surface area contributed by atoms with E-state index in [0.29, 0.717) is 0 Å². The van der Waals surface area contributed by atoms with Crippen molar-refractivity contribution in [3.05, 3.63) is 16.1 Å². The molecular weight excluding hydrogens is 254 g/mol. The highest BCUT2D eigenvalue weighted by atomic mass is 32.1. The van der Waals surface area contributed by atoms with E-state index in [2.05, 4.69) is 43.3 Å². The van der Waals surface area contributed by atoms with E-state index in [1.807, 2.05) is 0 Å². The number of aromatic nitrogens is 1. The third kappa shape index (κ3) is 4.26. The lowest BCUT2D eigenvalue weighted by molar-refractivity contribution is 0.338. The van der Waals surface area contributed by atoms with Crippen molar-refractivity contribution in [2.45, 2.75) is 46.1 Å². The van der Waals surface area contributed by atoms with Crippen LogP contribution in [0.25, 0.3) is 0 Å². The quantitative estimate of drug-likeness (QED) is 0.899. The van der Waals surface area contributed by atoms with Gasteiger partial charge in [0.25, 0.3) is 0 Å². The van der Waals surface area contributed by atoms with Crippen LogP contribution in [-0.2, 0) is 12.0 Å². The SMILES string of the molecule is CCN1CCC(CNCc2csc(C(C)(C)C)n2)C1. The molecule has 2 rings (SSSR count). The summed E-state index contributed by atoms with van der Waals surface area (Å²) in [5, 5.41) is 7.00. The summed E-state index contributed by atoms with van der Waals surface area (Å²) < 4.78 is 0. The van der Waals surface area contributed by atoms with Gasteiger partial charge in [0.2, 0.25) is 0 Å². The van der Waals surface area contributed by atoms with Gasteiger partial charge < -0.3 is 10.2 Å². The van der Waals surface area contributed by atoms with Crippen LogP contribution in [0.2, 0.25) is 0 Å². The molecule has 2 heterocycles. The van der Waals surface area contributed by atoms with E-state index in [-0.39, 0.29) is 5.41 Å². The maximum atomic E-state index is 4.72. The number of rotatable bonds is 5. The summed E-state index contributed by atoms with van der Waals surface area (Å²) in [5.41, 5.74) is 1.37. The highest BCUT2D eigenvalue weighted by molar-refractivity contribution is 7.09. The minimum absolute atomic E-state index is 0.177. The van der Waals surface area contributed by atoms with Gasteiger partial charge in [-0.15, -0.1) is 11.3 Å². The van der Waals surface area contributed by atoms with Crippen molar-refractivity contribution in [1.29, 1.82) is 0 Å². The predicted octanol–water partition coefficient (Wildman–Crippen LogP) is 2.87. The van der Waals surface area contributed by atoms with Crippen LogP contribution in [0.3, 0.4) is 0 Å². The van der Waals surface area contributed by atoms with Crippen LogP contribution in [0.15, 0.2) is 5.38 Å². The lowest BCUT2D eigenvalue weighted by Crippen LogP contribution is -2.26. The molecule has 3 nitrogen and oxygen atoms in total. The first kappa shape index (κ1) is 14.9. The Bertz CT molecular complexity index is 394. The fraction of sp³-hybridized carbons (Fsp3) is 0.800. The largest absolute Gasteiger partial charge is 0.311 e. The zero-order chi connectivity index (χ0) is 13.9. The first-order valence-electron chi connectivity index (χ1n) is 7.37. The van der Waals surface area contributed by atoms with Gasteiger partial charge >= 0.3 is 0 Å². The van der Waals surface area contributed by atoms with Crippen LogP contribution in [0.4, 0.5) is 0 Å². The molecule has 0 saturated carbocycles. The molecule has 0 amide bonds. The highest BCUT2D eigenvalue weighted by Crippen LogP contribution is 2.25. The minimum atomic E-state index is 0.177. The normalized spacial score (nSPS) is 21.2. The third-order valence-electron chi connectivity index (χ3n) is 3.75. The Morgan fingerprint density at radius 1 is 1.47 bits per heavy atom. The minimum Gasteiger partial charge on any atom is -0.311 e. The number of hydrogen-bond acceptors (Lipinski definition) is 4. The highest BCUT2D eigenvalue weighted by Gasteiger charge is 2.21. The number of thiazole rings is 1. The number of hydrogen-bond donors (Lipinski definition) is 1. The standard InChI is InChI=1S/C15H27N3S/c1-5-18-7-6-12(10-18)8-16-9-13-11-19-14(17-13)15(2,3)4/h11-12,16H,5-10H2,1-4H3. The molecule has 1 unspecified atom stereocenters. The Morgan fingerprint density at radius 2 is 2.26 bits per heavy atom. The molecule has 0 bridgehead atoms. The van der Waals surface area contributed by atoms with E-state index >= 15 is 0 Å². The van der Waals surface area contributed by atoms with Crippen LogP contribution in [-0.4, -0.2) is 36.1 Å². The number of likely N-dealkylation sites (tertiary alicyclic amines) is 1. The van der Waals surface area contributed by atoms with Crippen LogP contribution in [0.1, 0.15) is 44.8 Å². The van der Waals surface area contributed by atoms with Crippen molar-refractivity contribution < 1.29 is 0 Å². The molecule has 1 atom stereocenters. The summed E-state index contributed by atoms with van der Waals surface area (Å²) in [6, 6.07) is 0. The molecular formula is C15H27N3S. The lowest BCUT2D eigenvalue weighted by atomic mass is 9.98. The van der Waals surface area contributed by atoms with E-state index in [1.54, 1.807) is 11.3 Å². The zero-order valence-electron chi connectivity index (χ0n) is 12.7. The molecule has 108 valence electrons. The molecule has 1 aliphatic rings. The van der Waals surface area contributed by atoms with Gasteiger partial charge in [-0.1, -0.05) is 27.7 Å². The average molecular weight is 281 g/mol. The van der Waals surface area contributed by atoms with Crippen molar-refractivity contribution in [1.82, 2.24) is 15.2 Å². The molecule has 1 aromatic heterocycles. The lowest BCUT2D eigenvalue weighted by Gasteiger charge is -2.14. The molecule has 1 aromatic rings. The van der Waals surface area contributed by atoms with E-state index in [4.69, 9.17) is 4.98 Å². The second kappa shape index (κ2) is 6.33. The first-order valence-corrected chi connectivity index (χ1v) is 8.25. The fourth-order valence-electron chi connectivity index (χ4n) is 2.50. The zero-order valence-corrected chi connectivity index (χ0v) is 13.5. The molecule has 0 radical (unpaired) electrons. The summed E-state index contributed by atoms with van der Waals surface area (Å²) in [7, 11) is 0. The molecule has 19 heavy (non-hydrogen) atoms. The first-order chi connectivity index (χ1) is 8.99. The van der Waals surface area contributed by atoms with Gasteiger partial charge in [-0.25, -0.2) is 4.98 Å². The van der Waals surface area contributed by atoms with Gasteiger partial charge in [0.15, 0.2) is 0 Å². The van der Waals surface area contributed by atoms with Crippen molar-refractivity contribution in [3.8, 4) is 0 Å². The summed E-state index contributed by atoms with van der Waals surface area (Å²) in [6.45, 7) is 14.7. The molecule has 4 heteroatoms. The van der Waals surface area contributed by atoms with Gasteiger partial charge in [-0.2, -0.15) is 0 Å². The van der Waals surface area contributed by atoms with Crippen molar-refractivity contribution in [3.63, 3.8) is 0 Å². The van der Waals surface area contributed by atoms with Gasteiger partial charge in [0, 0.05) is 23.9 Å². The maximum Gasteiger partial charge on any atom is 0.0982 e. The summed E-state index contributed by atoms with van der Waals surface area (Å²) >= 11 is 1.78. The summed E-state index contributed by atoms with van der Waals surface area (Å²) in [4.78, 5) is 7.26. The van der Waals surface area contributed by atoms with E-state index in [1.165, 1.54) is 36.8 Å². The molecule has 0 aliphatic carbocycles. The van der Waals surface area contributed by atoms with Gasteiger partial charge in [0.1, 0.15) is 0 Å². The van der Waals surface area contributed by atoms with Gasteiger partial charge in [-0.3, -0.25) is 0 Å². The van der Waals surface area contributed by atoms with E-state index < -0.39 is 0 Å². The van der Waals surface area contributed by atoms with E-state index in [0.717, 1.165) is 19.0 Å². The van der Waals surface area contributed by atoms with Crippen LogP contribution in [0, 0.1) is 5.92 Å². The Hall–Kier alpha value is -0.450. The Labute approximate surface area is 121 Å². The molecule has 1 fully saturated rings. The van der Waals surface area contributed by atoms with Crippen LogP contribution >= 0.6 is 11.3 Å². The molecule has 0 aromatic carbocycles. The Morgan fingerprint density at radius 3 is 2.84 bits per heavy atom. The van der Waals surface area contributed by atoms with Crippen molar-refractivity contribution in [2.75, 3.05) is 26.2 Å². The summed E-state index contributed by atoms with van der Waals surface area (Å²) in [5.74, 6) is 0.820. The number of nitrogens with one attached hydrogen (secondary N) is 1. The van der Waals surface area contributed by atoms with Crippen molar-refractivity contribution >= 4 is 11.3 Å². The fourth-order valence-corrected chi connectivity index (χ4v) is 3.41. The molecule has 1 N–H and O–H groups in total. The maximum absolute atomic E-state index is 4.72. The average Bonchev–Trinajstić information content (AvgIpc) is 2.96. The molecule has 1 aliphatic heterocycles. The van der Waals surface area contributed by atoms with Gasteiger partial charge in [0.05, 0.1) is 10.7 Å². The predicted molar refractivity (Wildman–Crippen MR) is 82.7 cm³/mol. The van der Waals surface area contributed by atoms with E-state index in [9.17, 15) is 0 Å². The monoisotopic (exact) mass is 281 g/mol. The number of nitrogens with zero attached hydrogens (tertiary/aromatic N) is 2. The van der Waals surface area contributed by atoms with Crippen molar-refractivity contribution in [2.24, 2.45) is 5.92 Å². The van der Waals surface area contributed by atoms with Gasteiger partial charge in [-0.05, 0) is 32.0 Å². The molecule has 1 saturated heterocycles. The third-order valence-corrected chi connectivity index (χ3v) is 5.07. The molecule has 0 spiro atoms. The second-order valence-corrected chi connectivity index (χ2v) is 7.43. The Kier molecular flexibility index (Phi) is 4.98. The van der Waals surface area contributed by atoms with Crippen LogP contribution < -0.4 is 5.32 Å². The second-order valence-electron chi connectivity index (χ2n) is 6.57. The topological polar surface area (TPSA) is 28.2 Å². The summed E-state index contributed by atoms with van der Waals surface area (Å²) in [6.07, 6.45) is 1.34.